The first kappa shape index (κ1) is 68.9. The summed E-state index contributed by atoms with van der Waals surface area (Å²) in [5.74, 6) is 3.62. The van der Waals surface area contributed by atoms with Crippen LogP contribution in [0, 0.1) is 43.4 Å². The van der Waals surface area contributed by atoms with Crippen LogP contribution in [0.4, 0.5) is 9.59 Å². The fourth-order valence-electron chi connectivity index (χ4n) is 5.68. The van der Waals surface area contributed by atoms with Gasteiger partial charge in [-0.2, -0.15) is 0 Å². The number of rotatable bonds is 13. The molecule has 11 nitrogen and oxygen atoms in total. The summed E-state index contributed by atoms with van der Waals surface area (Å²) in [7, 11) is 2.58. The van der Waals surface area contributed by atoms with Crippen molar-refractivity contribution in [3.63, 3.8) is 0 Å². The number of methoxy groups -OCH3 is 2. The smallest absolute Gasteiger partial charge is 0.407 e. The molecule has 0 heterocycles. The second-order valence-electron chi connectivity index (χ2n) is 18.7. The Bertz CT molecular complexity index is 1470. The number of esters is 2. The van der Waals surface area contributed by atoms with E-state index >= 15 is 0 Å². The molecule has 0 bridgehead atoms. The number of nitrogens with two attached hydrogens (primary N) is 1. The molecule has 0 aliphatic carbocycles. The number of ether oxygens (including phenoxy) is 4. The predicted octanol–water partition coefficient (Wildman–Crippen LogP) is 13.4. The highest BCUT2D eigenvalue weighted by atomic mass is 16.5. The molecule has 0 fully saturated rings. The topological polar surface area (TPSA) is 155 Å². The van der Waals surface area contributed by atoms with Crippen LogP contribution in [0.25, 0.3) is 0 Å². The largest absolute Gasteiger partial charge is 0.466 e. The number of carbonyl (C=O) groups excluding carboxylic acids is 4. The first-order valence-electron chi connectivity index (χ1n) is 23.4. The van der Waals surface area contributed by atoms with E-state index in [-0.39, 0.29) is 29.3 Å². The zero-order valence-electron chi connectivity index (χ0n) is 45.3. The first-order chi connectivity index (χ1) is 29.5. The van der Waals surface area contributed by atoms with Gasteiger partial charge in [-0.1, -0.05) is 161 Å². The Hall–Kier alpha value is -4.12. The van der Waals surface area contributed by atoms with Crippen molar-refractivity contribution in [1.82, 2.24) is 10.6 Å². The summed E-state index contributed by atoms with van der Waals surface area (Å²) in [6.07, 6.45) is 1.12. The maximum atomic E-state index is 11.3. The summed E-state index contributed by atoms with van der Waals surface area (Å²) in [6.45, 7) is 45.9. The quantitative estimate of drug-likeness (QED) is 0.101. The molecule has 0 saturated carbocycles. The maximum absolute atomic E-state index is 11.3. The molecule has 2 unspecified atom stereocenters. The van der Waals surface area contributed by atoms with Crippen LogP contribution in [-0.2, 0) is 29.2 Å². The summed E-state index contributed by atoms with van der Waals surface area (Å²) >= 11 is 0. The van der Waals surface area contributed by atoms with Crippen LogP contribution in [0.15, 0.2) is 42.5 Å². The van der Waals surface area contributed by atoms with Gasteiger partial charge < -0.3 is 35.3 Å². The zero-order valence-corrected chi connectivity index (χ0v) is 45.3. The highest BCUT2D eigenvalue weighted by molar-refractivity contribution is 5.70. The van der Waals surface area contributed by atoms with Gasteiger partial charge >= 0.3 is 24.1 Å². The third-order valence-electron chi connectivity index (χ3n) is 8.65. The fraction of sp³-hybridized carbons (Fsp3) is 0.698. The summed E-state index contributed by atoms with van der Waals surface area (Å²) in [5, 5.41) is 5.13. The van der Waals surface area contributed by atoms with Gasteiger partial charge in [-0.15, -0.1) is 0 Å². The number of carbonyl (C=O) groups is 4. The van der Waals surface area contributed by atoms with Gasteiger partial charge in [-0.05, 0) is 90.4 Å². The number of alkyl carbamates (subject to hydrolysis) is 2. The van der Waals surface area contributed by atoms with E-state index in [0.717, 1.165) is 35.6 Å². The Balaban J connectivity index is -0.000000230. The molecule has 2 rings (SSSR count). The Kier molecular flexibility index (Phi) is 43.5. The normalized spacial score (nSPS) is 11.2. The standard InChI is InChI=1S/C17H26O2.C9H18N2O4.C9H12.C6H15N.C6H12O2.C4H10.C2H6/c1-11(2)10-17(6,7)16-13(4)8-12(3)9-15(16)19-14(5)18;1-6(2)7(11-9(13)15-4)5-10-8(12)14-3;1-8(2)9-6-4-3-5-7-9;1-4-6(7)5(2)3;1-5(2)4-8-6(3)7;1-4(2)3;1-2/h8-9,11H,10H2,1-7H3;6-7H,5H2,1-4H3,(H,10,12)(H,11,13);3-8H,1-2H3;5-6H,4,7H2,1-3H3;5H,4H2,1-3H3;4H,1-3H3;1-2H3. The van der Waals surface area contributed by atoms with Gasteiger partial charge in [-0.3, -0.25) is 9.59 Å². The van der Waals surface area contributed by atoms with E-state index in [1.807, 2.05) is 60.6 Å². The predicted molar refractivity (Wildman–Crippen MR) is 271 cm³/mol. The van der Waals surface area contributed by atoms with Gasteiger partial charge in [0, 0.05) is 32.0 Å². The van der Waals surface area contributed by atoms with Crippen LogP contribution in [0.1, 0.15) is 179 Å². The number of hydrogen-bond acceptors (Lipinski definition) is 9. The molecule has 0 aliphatic rings. The zero-order chi connectivity index (χ0) is 51.3. The minimum atomic E-state index is -0.521. The Labute approximate surface area is 393 Å². The minimum Gasteiger partial charge on any atom is -0.466 e. The lowest BCUT2D eigenvalue weighted by atomic mass is 9.75. The number of nitrogens with one attached hydrogen (secondary N) is 2. The van der Waals surface area contributed by atoms with Crippen molar-refractivity contribution < 1.29 is 38.1 Å². The summed E-state index contributed by atoms with van der Waals surface area (Å²) in [5.41, 5.74) is 10.5. The molecular weight excluding hydrogens is 807 g/mol. The van der Waals surface area contributed by atoms with E-state index in [1.165, 1.54) is 39.2 Å². The lowest BCUT2D eigenvalue weighted by Gasteiger charge is -2.31. The summed E-state index contributed by atoms with van der Waals surface area (Å²) in [4.78, 5) is 43.2. The van der Waals surface area contributed by atoms with Crippen LogP contribution >= 0.6 is 0 Å². The molecule has 0 radical (unpaired) electrons. The van der Waals surface area contributed by atoms with E-state index in [4.69, 9.17) is 10.5 Å². The third-order valence-corrected chi connectivity index (χ3v) is 8.65. The molecule has 0 aromatic heterocycles. The number of benzene rings is 2. The molecule has 2 amide bonds. The summed E-state index contributed by atoms with van der Waals surface area (Å²) in [6, 6.07) is 14.9. The lowest BCUT2D eigenvalue weighted by Crippen LogP contribution is -2.46. The Morgan fingerprint density at radius 3 is 1.50 bits per heavy atom. The number of amides is 2. The van der Waals surface area contributed by atoms with Crippen molar-refractivity contribution in [3.05, 3.63) is 64.7 Å². The average Bonchev–Trinajstić information content (AvgIpc) is 3.18. The average molecular weight is 906 g/mol. The first-order valence-corrected chi connectivity index (χ1v) is 23.4. The molecule has 64 heavy (non-hydrogen) atoms. The molecule has 11 heteroatoms. The number of aryl methyl sites for hydroxylation is 2. The Morgan fingerprint density at radius 1 is 0.719 bits per heavy atom. The van der Waals surface area contributed by atoms with E-state index in [0.29, 0.717) is 42.9 Å². The SMILES string of the molecule is CC.CC(=O)OCC(C)C.CC(=O)Oc1cc(C)cc(C)c1C(C)(C)CC(C)C.CC(C)C.CC(C)c1ccccc1.CCC(N)C(C)C.COC(=O)NCC(NC(=O)OC)C(C)C. The van der Waals surface area contributed by atoms with Gasteiger partial charge in [0.2, 0.25) is 0 Å². The van der Waals surface area contributed by atoms with Gasteiger partial charge in [0.15, 0.2) is 0 Å². The van der Waals surface area contributed by atoms with Gasteiger partial charge in [0.25, 0.3) is 0 Å². The molecule has 2 atom stereocenters. The van der Waals surface area contributed by atoms with E-state index < -0.39 is 12.2 Å². The minimum absolute atomic E-state index is 0.00324. The summed E-state index contributed by atoms with van der Waals surface area (Å²) < 4.78 is 19.0. The van der Waals surface area contributed by atoms with Gasteiger partial charge in [0.1, 0.15) is 5.75 Å². The maximum Gasteiger partial charge on any atom is 0.407 e. The lowest BCUT2D eigenvalue weighted by molar-refractivity contribution is -0.142. The van der Waals surface area contributed by atoms with Crippen molar-refractivity contribution in [2.75, 3.05) is 27.4 Å². The van der Waals surface area contributed by atoms with E-state index in [9.17, 15) is 19.2 Å². The molecule has 0 spiro atoms. The highest BCUT2D eigenvalue weighted by Gasteiger charge is 2.28. The third kappa shape index (κ3) is 41.9. The van der Waals surface area contributed by atoms with E-state index in [1.54, 1.807) is 0 Å². The fourth-order valence-corrected chi connectivity index (χ4v) is 5.68. The molecular formula is C53H99N3O8. The van der Waals surface area contributed by atoms with Crippen LogP contribution in [-0.4, -0.2) is 63.6 Å². The van der Waals surface area contributed by atoms with Crippen LogP contribution in [0.5, 0.6) is 5.75 Å². The second-order valence-corrected chi connectivity index (χ2v) is 18.7. The van der Waals surface area contributed by atoms with Crippen molar-refractivity contribution in [2.24, 2.45) is 35.3 Å². The van der Waals surface area contributed by atoms with Crippen molar-refractivity contribution in [2.45, 2.75) is 189 Å². The van der Waals surface area contributed by atoms with Crippen molar-refractivity contribution in [1.29, 1.82) is 0 Å². The van der Waals surface area contributed by atoms with Crippen LogP contribution in [0.3, 0.4) is 0 Å². The highest BCUT2D eigenvalue weighted by Crippen LogP contribution is 2.39. The Morgan fingerprint density at radius 2 is 1.20 bits per heavy atom. The van der Waals surface area contributed by atoms with Crippen molar-refractivity contribution >= 4 is 24.1 Å². The van der Waals surface area contributed by atoms with Crippen molar-refractivity contribution in [3.8, 4) is 5.75 Å². The molecule has 0 aliphatic heterocycles. The number of hydrogen-bond donors (Lipinski definition) is 3. The molecule has 2 aromatic rings. The van der Waals surface area contributed by atoms with Gasteiger partial charge in [0.05, 0.1) is 26.9 Å². The molecule has 0 saturated heterocycles. The van der Waals surface area contributed by atoms with E-state index in [2.05, 4.69) is 145 Å². The van der Waals surface area contributed by atoms with Crippen LogP contribution < -0.4 is 21.1 Å². The van der Waals surface area contributed by atoms with Gasteiger partial charge in [-0.25, -0.2) is 9.59 Å². The molecule has 374 valence electrons. The molecule has 4 N–H and O–H groups in total. The monoisotopic (exact) mass is 906 g/mol. The molecule has 2 aromatic carbocycles. The second kappa shape index (κ2) is 40.4. The van der Waals surface area contributed by atoms with Crippen LogP contribution in [0.2, 0.25) is 0 Å².